The van der Waals surface area contributed by atoms with E-state index in [0.717, 1.165) is 0 Å². The highest BCUT2D eigenvalue weighted by atomic mass is 32.2. The zero-order valence-corrected chi connectivity index (χ0v) is 11.2. The molecule has 0 aliphatic heterocycles. The molecule has 0 aliphatic rings. The Hall–Kier alpha value is -2.22. The first-order valence-corrected chi connectivity index (χ1v) is 6.63. The van der Waals surface area contributed by atoms with Crippen molar-refractivity contribution < 1.29 is 18.3 Å². The fraction of sp³-hybridized carbons (Fsp3) is 0.0769. The maximum absolute atomic E-state index is 12.3. The Bertz CT molecular complexity index is 783. The SMILES string of the molecule is Oc1ccnc2c(-c3ccc(SC(F)(F)F)cc3)cnn12. The van der Waals surface area contributed by atoms with E-state index in [2.05, 4.69) is 10.1 Å². The van der Waals surface area contributed by atoms with Gasteiger partial charge in [0.15, 0.2) is 5.65 Å². The quantitative estimate of drug-likeness (QED) is 0.733. The largest absolute Gasteiger partial charge is 0.493 e. The van der Waals surface area contributed by atoms with Crippen molar-refractivity contribution in [1.82, 2.24) is 14.6 Å². The van der Waals surface area contributed by atoms with E-state index in [9.17, 15) is 18.3 Å². The van der Waals surface area contributed by atoms with E-state index in [1.165, 1.54) is 35.1 Å². The number of hydrogen-bond donors (Lipinski definition) is 1. The summed E-state index contributed by atoms with van der Waals surface area (Å²) in [6.07, 6.45) is 2.94. The lowest BCUT2D eigenvalue weighted by Crippen LogP contribution is -1.98. The molecule has 0 unspecified atom stereocenters. The fourth-order valence-electron chi connectivity index (χ4n) is 1.92. The summed E-state index contributed by atoms with van der Waals surface area (Å²) in [7, 11) is 0. The molecule has 2 heterocycles. The zero-order valence-electron chi connectivity index (χ0n) is 10.4. The zero-order chi connectivity index (χ0) is 15.0. The maximum atomic E-state index is 12.3. The average molecular weight is 311 g/mol. The topological polar surface area (TPSA) is 50.4 Å². The van der Waals surface area contributed by atoms with E-state index in [4.69, 9.17) is 0 Å². The third-order valence-electron chi connectivity index (χ3n) is 2.78. The minimum atomic E-state index is -4.31. The summed E-state index contributed by atoms with van der Waals surface area (Å²) in [6, 6.07) is 7.31. The second kappa shape index (κ2) is 4.96. The second-order valence-corrected chi connectivity index (χ2v) is 5.31. The van der Waals surface area contributed by atoms with Gasteiger partial charge in [-0.1, -0.05) is 12.1 Å². The molecule has 3 aromatic rings. The van der Waals surface area contributed by atoms with Crippen LogP contribution in [0.25, 0.3) is 16.8 Å². The van der Waals surface area contributed by atoms with Crippen molar-refractivity contribution >= 4 is 17.4 Å². The molecule has 2 aromatic heterocycles. The Kier molecular flexibility index (Phi) is 3.25. The van der Waals surface area contributed by atoms with Gasteiger partial charge >= 0.3 is 5.51 Å². The lowest BCUT2D eigenvalue weighted by molar-refractivity contribution is -0.0328. The molecule has 0 fully saturated rings. The summed E-state index contributed by atoms with van der Waals surface area (Å²) in [5, 5.41) is 13.6. The number of benzene rings is 1. The van der Waals surface area contributed by atoms with Crippen molar-refractivity contribution in [1.29, 1.82) is 0 Å². The van der Waals surface area contributed by atoms with Gasteiger partial charge in [-0.2, -0.15) is 22.8 Å². The number of thioether (sulfide) groups is 1. The lowest BCUT2D eigenvalue weighted by Gasteiger charge is -2.06. The second-order valence-electron chi connectivity index (χ2n) is 4.17. The number of fused-ring (bicyclic) bond motifs is 1. The Balaban J connectivity index is 1.98. The van der Waals surface area contributed by atoms with Crippen LogP contribution in [0, 0.1) is 0 Å². The molecule has 0 amide bonds. The highest BCUT2D eigenvalue weighted by molar-refractivity contribution is 8.00. The number of aromatic nitrogens is 3. The smallest absolute Gasteiger partial charge is 0.446 e. The van der Waals surface area contributed by atoms with Crippen LogP contribution in [-0.4, -0.2) is 25.2 Å². The third-order valence-corrected chi connectivity index (χ3v) is 3.52. The number of hydrogen-bond acceptors (Lipinski definition) is 4. The summed E-state index contributed by atoms with van der Waals surface area (Å²) >= 11 is -0.164. The van der Waals surface area contributed by atoms with Crippen molar-refractivity contribution in [2.75, 3.05) is 0 Å². The summed E-state index contributed by atoms with van der Waals surface area (Å²) in [4.78, 5) is 4.23. The van der Waals surface area contributed by atoms with Gasteiger partial charge < -0.3 is 5.11 Å². The predicted molar refractivity (Wildman–Crippen MR) is 72.0 cm³/mol. The molecule has 0 bridgehead atoms. The van der Waals surface area contributed by atoms with Crippen LogP contribution in [0.15, 0.2) is 47.6 Å². The number of aromatic hydroxyl groups is 1. The minimum absolute atomic E-state index is 0.0597. The molecule has 0 atom stereocenters. The monoisotopic (exact) mass is 311 g/mol. The van der Waals surface area contributed by atoms with E-state index in [-0.39, 0.29) is 22.5 Å². The van der Waals surface area contributed by atoms with Crippen molar-refractivity contribution in [2.24, 2.45) is 0 Å². The molecular weight excluding hydrogens is 303 g/mol. The van der Waals surface area contributed by atoms with Gasteiger partial charge in [-0.3, -0.25) is 0 Å². The molecule has 0 saturated carbocycles. The van der Waals surface area contributed by atoms with Gasteiger partial charge in [0.2, 0.25) is 5.88 Å². The number of nitrogens with zero attached hydrogens (tertiary/aromatic N) is 3. The number of alkyl halides is 3. The van der Waals surface area contributed by atoms with Crippen LogP contribution >= 0.6 is 11.8 Å². The van der Waals surface area contributed by atoms with Crippen LogP contribution in [0.2, 0.25) is 0 Å². The van der Waals surface area contributed by atoms with Gasteiger partial charge in [0.05, 0.1) is 6.20 Å². The molecule has 3 rings (SSSR count). The highest BCUT2D eigenvalue weighted by Crippen LogP contribution is 2.37. The summed E-state index contributed by atoms with van der Waals surface area (Å²) < 4.78 is 38.1. The Labute approximate surface area is 121 Å². The van der Waals surface area contributed by atoms with Crippen molar-refractivity contribution in [3.8, 4) is 17.0 Å². The molecule has 0 spiro atoms. The predicted octanol–water partition coefficient (Wildman–Crippen LogP) is 3.71. The molecule has 108 valence electrons. The Morgan fingerprint density at radius 3 is 2.48 bits per heavy atom. The maximum Gasteiger partial charge on any atom is 0.446 e. The van der Waals surface area contributed by atoms with Gasteiger partial charge in [0.1, 0.15) is 0 Å². The van der Waals surface area contributed by atoms with E-state index in [1.807, 2.05) is 0 Å². The van der Waals surface area contributed by atoms with Gasteiger partial charge in [-0.05, 0) is 29.5 Å². The Morgan fingerprint density at radius 2 is 1.81 bits per heavy atom. The summed E-state index contributed by atoms with van der Waals surface area (Å²) in [6.45, 7) is 0. The standard InChI is InChI=1S/C13H8F3N3OS/c14-13(15,16)21-9-3-1-8(2-4-9)10-7-18-19-11(20)5-6-17-12(10)19/h1-7,20H. The molecule has 1 aromatic carbocycles. The molecule has 0 aliphatic carbocycles. The number of halogens is 3. The van der Waals surface area contributed by atoms with E-state index >= 15 is 0 Å². The van der Waals surface area contributed by atoms with Crippen LogP contribution in [0.1, 0.15) is 0 Å². The van der Waals surface area contributed by atoms with Crippen LogP contribution in [0.3, 0.4) is 0 Å². The average Bonchev–Trinajstić information content (AvgIpc) is 2.83. The van der Waals surface area contributed by atoms with Crippen LogP contribution in [0.4, 0.5) is 13.2 Å². The normalized spacial score (nSPS) is 12.0. The van der Waals surface area contributed by atoms with E-state index in [1.54, 1.807) is 12.1 Å². The minimum Gasteiger partial charge on any atom is -0.493 e. The molecule has 0 saturated heterocycles. The fourth-order valence-corrected chi connectivity index (χ4v) is 2.46. The van der Waals surface area contributed by atoms with Crippen LogP contribution in [0.5, 0.6) is 5.88 Å². The first-order valence-electron chi connectivity index (χ1n) is 5.82. The van der Waals surface area contributed by atoms with Crippen molar-refractivity contribution in [3.63, 3.8) is 0 Å². The van der Waals surface area contributed by atoms with Crippen molar-refractivity contribution in [3.05, 3.63) is 42.7 Å². The first kappa shape index (κ1) is 13.7. The molecular formula is C13H8F3N3OS. The van der Waals surface area contributed by atoms with Crippen LogP contribution in [-0.2, 0) is 0 Å². The third kappa shape index (κ3) is 2.80. The number of rotatable bonds is 2. The van der Waals surface area contributed by atoms with Crippen molar-refractivity contribution in [2.45, 2.75) is 10.4 Å². The Morgan fingerprint density at radius 1 is 1.10 bits per heavy atom. The first-order chi connectivity index (χ1) is 9.94. The molecule has 0 radical (unpaired) electrons. The molecule has 8 heteroatoms. The summed E-state index contributed by atoms with van der Waals surface area (Å²) in [5.74, 6) is -0.0597. The molecule has 4 nitrogen and oxygen atoms in total. The van der Waals surface area contributed by atoms with E-state index < -0.39 is 5.51 Å². The summed E-state index contributed by atoms with van der Waals surface area (Å²) in [5.41, 5.74) is -2.56. The van der Waals surface area contributed by atoms with Gasteiger partial charge in [0, 0.05) is 22.7 Å². The molecule has 1 N–H and O–H groups in total. The van der Waals surface area contributed by atoms with Crippen LogP contribution < -0.4 is 0 Å². The van der Waals surface area contributed by atoms with Gasteiger partial charge in [0.25, 0.3) is 0 Å². The van der Waals surface area contributed by atoms with Gasteiger partial charge in [-0.15, -0.1) is 0 Å². The van der Waals surface area contributed by atoms with Gasteiger partial charge in [-0.25, -0.2) is 4.98 Å². The highest BCUT2D eigenvalue weighted by Gasteiger charge is 2.29. The lowest BCUT2D eigenvalue weighted by atomic mass is 10.1. The van der Waals surface area contributed by atoms with E-state index in [0.29, 0.717) is 16.8 Å². The molecule has 21 heavy (non-hydrogen) atoms.